The minimum Gasteiger partial charge on any atom is -0.256 e. The molecule has 0 N–H and O–H groups in total. The Morgan fingerprint density at radius 2 is 0.980 bits per heavy atom. The lowest BCUT2D eigenvalue weighted by atomic mass is 9.91. The number of para-hydroxylation sites is 1. The van der Waals surface area contributed by atoms with Crippen molar-refractivity contribution in [2.24, 2.45) is 0 Å². The van der Waals surface area contributed by atoms with Crippen molar-refractivity contribution in [2.45, 2.75) is 0 Å². The highest BCUT2D eigenvalue weighted by Gasteiger charge is 2.19. The molecule has 0 unspecified atom stereocenters. The molecular formula is C46H28N4. The summed E-state index contributed by atoms with van der Waals surface area (Å²) in [5.74, 6) is 0.688. The Kier molecular flexibility index (Phi) is 6.46. The second-order valence-corrected chi connectivity index (χ2v) is 12.6. The van der Waals surface area contributed by atoms with Gasteiger partial charge in [-0.05, 0) is 40.4 Å². The summed E-state index contributed by atoms with van der Waals surface area (Å²) in [5.41, 5.74) is 8.82. The molecule has 0 radical (unpaired) electrons. The molecule has 0 atom stereocenters. The van der Waals surface area contributed by atoms with Gasteiger partial charge in [0.1, 0.15) is 0 Å². The normalized spacial score (nSPS) is 11.6. The lowest BCUT2D eigenvalue weighted by Crippen LogP contribution is -1.97. The Bertz CT molecular complexity index is 2860. The molecule has 10 rings (SSSR count). The van der Waals surface area contributed by atoms with E-state index >= 15 is 0 Å². The van der Waals surface area contributed by atoms with Crippen molar-refractivity contribution >= 4 is 54.1 Å². The smallest absolute Gasteiger partial charge is 0.161 e. The van der Waals surface area contributed by atoms with Gasteiger partial charge in [-0.2, -0.15) is 0 Å². The first kappa shape index (κ1) is 28.3. The molecule has 4 nitrogen and oxygen atoms in total. The van der Waals surface area contributed by atoms with Gasteiger partial charge in [0.2, 0.25) is 0 Å². The second-order valence-electron chi connectivity index (χ2n) is 12.6. The van der Waals surface area contributed by atoms with Crippen LogP contribution < -0.4 is 0 Å². The fourth-order valence-electron chi connectivity index (χ4n) is 7.38. The molecule has 0 aliphatic carbocycles. The minimum absolute atomic E-state index is 0.688. The summed E-state index contributed by atoms with van der Waals surface area (Å²) in [7, 11) is 0. The van der Waals surface area contributed by atoms with Gasteiger partial charge in [-0.25, -0.2) is 15.0 Å². The number of fused-ring (bicyclic) bond motifs is 8. The number of nitrogens with zero attached hydrogens (tertiary/aromatic N) is 4. The summed E-state index contributed by atoms with van der Waals surface area (Å²) in [6, 6.07) is 57.0. The van der Waals surface area contributed by atoms with Crippen molar-refractivity contribution in [2.75, 3.05) is 0 Å². The van der Waals surface area contributed by atoms with Gasteiger partial charge in [0, 0.05) is 55.4 Å². The van der Waals surface area contributed by atoms with Crippen molar-refractivity contribution < 1.29 is 0 Å². The maximum Gasteiger partial charge on any atom is 0.161 e. The van der Waals surface area contributed by atoms with Gasteiger partial charge in [0.15, 0.2) is 5.82 Å². The molecule has 0 saturated heterocycles. The first-order valence-corrected chi connectivity index (χ1v) is 16.8. The van der Waals surface area contributed by atoms with Crippen molar-refractivity contribution in [1.29, 1.82) is 0 Å². The van der Waals surface area contributed by atoms with E-state index in [0.29, 0.717) is 5.82 Å². The van der Waals surface area contributed by atoms with Crippen LogP contribution in [0.3, 0.4) is 0 Å². The average molecular weight is 637 g/mol. The van der Waals surface area contributed by atoms with E-state index < -0.39 is 0 Å². The molecule has 0 aliphatic rings. The van der Waals surface area contributed by atoms with E-state index in [1.54, 1.807) is 0 Å². The van der Waals surface area contributed by atoms with Crippen molar-refractivity contribution in [3.8, 4) is 45.2 Å². The Labute approximate surface area is 288 Å². The fraction of sp³-hybridized carbons (Fsp3) is 0. The average Bonchev–Trinajstić information content (AvgIpc) is 3.20. The predicted molar refractivity (Wildman–Crippen MR) is 207 cm³/mol. The number of rotatable bonds is 4. The van der Waals surface area contributed by atoms with Gasteiger partial charge in [0.25, 0.3) is 0 Å². The summed E-state index contributed by atoms with van der Waals surface area (Å²) in [4.78, 5) is 20.6. The molecule has 0 amide bonds. The van der Waals surface area contributed by atoms with Crippen LogP contribution in [0.1, 0.15) is 0 Å². The summed E-state index contributed by atoms with van der Waals surface area (Å²) in [6.45, 7) is 0. The van der Waals surface area contributed by atoms with E-state index in [1.165, 1.54) is 5.39 Å². The van der Waals surface area contributed by atoms with Crippen LogP contribution in [0.4, 0.5) is 0 Å². The van der Waals surface area contributed by atoms with Crippen LogP contribution in [0.5, 0.6) is 0 Å². The highest BCUT2D eigenvalue weighted by molar-refractivity contribution is 6.28. The van der Waals surface area contributed by atoms with E-state index in [4.69, 9.17) is 19.9 Å². The van der Waals surface area contributed by atoms with Gasteiger partial charge in [-0.3, -0.25) is 4.98 Å². The maximum absolute atomic E-state index is 5.37. The van der Waals surface area contributed by atoms with Crippen LogP contribution in [-0.4, -0.2) is 19.9 Å². The maximum atomic E-state index is 5.37. The van der Waals surface area contributed by atoms with E-state index in [0.717, 1.165) is 88.1 Å². The largest absolute Gasteiger partial charge is 0.256 e. The van der Waals surface area contributed by atoms with E-state index in [-0.39, 0.29) is 0 Å². The monoisotopic (exact) mass is 636 g/mol. The third kappa shape index (κ3) is 4.54. The zero-order valence-corrected chi connectivity index (χ0v) is 27.0. The van der Waals surface area contributed by atoms with Crippen LogP contribution in [0, 0.1) is 0 Å². The first-order valence-electron chi connectivity index (χ1n) is 16.8. The van der Waals surface area contributed by atoms with Crippen molar-refractivity contribution in [1.82, 2.24) is 19.9 Å². The Balaban J connectivity index is 1.26. The highest BCUT2D eigenvalue weighted by Crippen LogP contribution is 2.42. The van der Waals surface area contributed by atoms with Gasteiger partial charge in [-0.1, -0.05) is 140 Å². The standard InChI is InChI=1S/C46H28N4/c1-3-12-29(13-4-1)40-28-41(30-14-5-2-6-15-30)50-46(49-40)36-26-25-35(33-17-7-8-18-34(33)36)45-38-24-23-31-21-22-32-16-11-27-47-44(32)42(31)43(38)37-19-9-10-20-39(37)48-45/h1-28H. The fourth-order valence-corrected chi connectivity index (χ4v) is 7.38. The number of hydrogen-bond acceptors (Lipinski definition) is 4. The number of aromatic nitrogens is 4. The van der Waals surface area contributed by atoms with Crippen LogP contribution in [0.15, 0.2) is 170 Å². The molecule has 3 heterocycles. The Hall–Kier alpha value is -6.78. The molecule has 4 heteroatoms. The van der Waals surface area contributed by atoms with Gasteiger partial charge in [-0.15, -0.1) is 0 Å². The third-order valence-electron chi connectivity index (χ3n) is 9.70. The lowest BCUT2D eigenvalue weighted by Gasteiger charge is -2.16. The summed E-state index contributed by atoms with van der Waals surface area (Å²) in [6.07, 6.45) is 1.88. The molecular weight excluding hydrogens is 609 g/mol. The SMILES string of the molecule is c1ccc(-c2cc(-c3ccccc3)nc(-c3ccc(-c4nc5ccccc5c5c4ccc4ccc6cccnc6c45)c4ccccc34)n2)cc1. The molecule has 232 valence electrons. The van der Waals surface area contributed by atoms with Crippen LogP contribution >= 0.6 is 0 Å². The number of benzene rings is 7. The minimum atomic E-state index is 0.688. The molecule has 7 aromatic carbocycles. The molecule has 0 aliphatic heterocycles. The topological polar surface area (TPSA) is 51.6 Å². The van der Waals surface area contributed by atoms with Crippen molar-refractivity contribution in [3.63, 3.8) is 0 Å². The van der Waals surface area contributed by atoms with Gasteiger partial charge < -0.3 is 0 Å². The highest BCUT2D eigenvalue weighted by atomic mass is 14.9. The van der Waals surface area contributed by atoms with Crippen LogP contribution in [0.25, 0.3) is 99.3 Å². The molecule has 0 saturated carbocycles. The molecule has 10 aromatic rings. The third-order valence-corrected chi connectivity index (χ3v) is 9.70. The zero-order chi connectivity index (χ0) is 33.0. The summed E-state index contributed by atoms with van der Waals surface area (Å²) in [5, 5.41) is 9.00. The van der Waals surface area contributed by atoms with Crippen molar-refractivity contribution in [3.05, 3.63) is 170 Å². The van der Waals surface area contributed by atoms with E-state index in [2.05, 4.69) is 121 Å². The molecule has 3 aromatic heterocycles. The second kappa shape index (κ2) is 11.4. The number of pyridine rings is 2. The van der Waals surface area contributed by atoms with E-state index in [1.807, 2.05) is 48.7 Å². The zero-order valence-electron chi connectivity index (χ0n) is 27.0. The Morgan fingerprint density at radius 3 is 1.72 bits per heavy atom. The lowest BCUT2D eigenvalue weighted by molar-refractivity contribution is 1.19. The summed E-state index contributed by atoms with van der Waals surface area (Å²) < 4.78 is 0. The quantitative estimate of drug-likeness (QED) is 0.180. The van der Waals surface area contributed by atoms with Crippen LogP contribution in [0.2, 0.25) is 0 Å². The predicted octanol–water partition coefficient (Wildman–Crippen LogP) is 11.7. The first-order chi connectivity index (χ1) is 24.8. The molecule has 0 fully saturated rings. The Morgan fingerprint density at radius 1 is 0.380 bits per heavy atom. The van der Waals surface area contributed by atoms with Crippen LogP contribution in [-0.2, 0) is 0 Å². The summed E-state index contributed by atoms with van der Waals surface area (Å²) >= 11 is 0. The van der Waals surface area contributed by atoms with E-state index in [9.17, 15) is 0 Å². The van der Waals surface area contributed by atoms with Gasteiger partial charge in [0.05, 0.1) is 28.1 Å². The number of hydrogen-bond donors (Lipinski definition) is 0. The molecule has 50 heavy (non-hydrogen) atoms. The molecule has 0 bridgehead atoms. The molecule has 0 spiro atoms. The van der Waals surface area contributed by atoms with Gasteiger partial charge >= 0.3 is 0 Å².